The Kier molecular flexibility index (Phi) is 6.79. The summed E-state index contributed by atoms with van der Waals surface area (Å²) in [6, 6.07) is 3.85. The number of imidazole rings is 1. The van der Waals surface area contributed by atoms with Crippen LogP contribution in [0.2, 0.25) is 0 Å². The highest BCUT2D eigenvalue weighted by molar-refractivity contribution is 9.10. The van der Waals surface area contributed by atoms with E-state index < -0.39 is 0 Å². The summed E-state index contributed by atoms with van der Waals surface area (Å²) in [6.45, 7) is 2.63. The summed E-state index contributed by atoms with van der Waals surface area (Å²) in [7, 11) is 1.55. The summed E-state index contributed by atoms with van der Waals surface area (Å²) in [5.41, 5.74) is 7.43. The molecule has 0 bridgehead atoms. The van der Waals surface area contributed by atoms with Crippen LogP contribution < -0.4 is 15.2 Å². The Bertz CT molecular complexity index is 1210. The molecule has 0 radical (unpaired) electrons. The normalized spacial score (nSPS) is 15.9. The molecule has 5 rings (SSSR count). The van der Waals surface area contributed by atoms with Gasteiger partial charge in [-0.2, -0.15) is 0 Å². The van der Waals surface area contributed by atoms with Gasteiger partial charge < -0.3 is 29.4 Å². The van der Waals surface area contributed by atoms with Crippen molar-refractivity contribution in [1.29, 1.82) is 0 Å². The second-order valence-electron chi connectivity index (χ2n) is 8.26. The predicted molar refractivity (Wildman–Crippen MR) is 130 cm³/mol. The average molecular weight is 549 g/mol. The molecule has 12 heteroatoms. The van der Waals surface area contributed by atoms with E-state index in [2.05, 4.69) is 30.5 Å². The molecule has 3 aromatic rings. The number of benzene rings is 1. The molecule has 0 spiro atoms. The molecule has 10 nitrogen and oxygen atoms in total. The maximum absolute atomic E-state index is 12.1. The first-order valence-corrected chi connectivity index (χ1v) is 12.6. The first-order chi connectivity index (χ1) is 16.5. The topological polar surface area (TPSA) is 118 Å². The fraction of sp³-hybridized carbons (Fsp3) is 0.455. The Morgan fingerprint density at radius 3 is 2.79 bits per heavy atom. The van der Waals surface area contributed by atoms with Gasteiger partial charge in [0.2, 0.25) is 12.7 Å². The number of anilines is 1. The zero-order chi connectivity index (χ0) is 23.7. The van der Waals surface area contributed by atoms with Crippen LogP contribution in [0.15, 0.2) is 33.0 Å². The maximum atomic E-state index is 12.1. The van der Waals surface area contributed by atoms with Crippen LogP contribution in [0.4, 0.5) is 5.82 Å². The van der Waals surface area contributed by atoms with Crippen LogP contribution in [0.25, 0.3) is 11.2 Å². The number of carbonyl (C=O) groups excluding carboxylic acids is 1. The van der Waals surface area contributed by atoms with Gasteiger partial charge in [0, 0.05) is 36.1 Å². The van der Waals surface area contributed by atoms with E-state index in [0.717, 1.165) is 64.8 Å². The summed E-state index contributed by atoms with van der Waals surface area (Å²) in [6.07, 6.45) is 4.36. The van der Waals surface area contributed by atoms with Gasteiger partial charge >= 0.3 is 0 Å². The molecule has 0 saturated carbocycles. The average Bonchev–Trinajstić information content (AvgIpc) is 3.43. The van der Waals surface area contributed by atoms with Crippen LogP contribution in [-0.4, -0.2) is 63.9 Å². The SMILES string of the molecule is COCC(=O)N1CCC(CCn2c(Sc3cc4c(cc3Br)OCO4)nc3c(N)ncnc32)CC1. The number of methoxy groups -OCH3 is 1. The van der Waals surface area contributed by atoms with Crippen molar-refractivity contribution in [2.45, 2.75) is 35.9 Å². The molecule has 180 valence electrons. The molecule has 2 aromatic heterocycles. The second-order valence-corrected chi connectivity index (χ2v) is 10.1. The van der Waals surface area contributed by atoms with Crippen molar-refractivity contribution in [2.75, 3.05) is 39.3 Å². The van der Waals surface area contributed by atoms with E-state index in [-0.39, 0.29) is 19.3 Å². The highest BCUT2D eigenvalue weighted by atomic mass is 79.9. The van der Waals surface area contributed by atoms with Gasteiger partial charge in [-0.15, -0.1) is 0 Å². The number of carbonyl (C=O) groups is 1. The predicted octanol–water partition coefficient (Wildman–Crippen LogP) is 3.33. The van der Waals surface area contributed by atoms with Crippen molar-refractivity contribution < 1.29 is 19.0 Å². The van der Waals surface area contributed by atoms with Crippen LogP contribution in [0.5, 0.6) is 11.5 Å². The number of aryl methyl sites for hydroxylation is 1. The van der Waals surface area contributed by atoms with Gasteiger partial charge in [-0.25, -0.2) is 15.0 Å². The van der Waals surface area contributed by atoms with Crippen molar-refractivity contribution in [3.05, 3.63) is 22.9 Å². The standard InChI is InChI=1S/C22H25BrN6O4S/c1-31-10-18(30)28-5-2-13(3-6-28)4-7-29-21-19(20(24)25-11-26-21)27-22(29)34-17-9-16-15(8-14(17)23)32-12-33-16/h8-9,11,13H,2-7,10,12H2,1H3,(H2,24,25,26). The fourth-order valence-electron chi connectivity index (χ4n) is 4.29. The van der Waals surface area contributed by atoms with Gasteiger partial charge in [-0.1, -0.05) is 11.8 Å². The van der Waals surface area contributed by atoms with Gasteiger partial charge in [-0.05, 0) is 53.2 Å². The third-order valence-corrected chi connectivity index (χ3v) is 8.12. The lowest BCUT2D eigenvalue weighted by Gasteiger charge is -2.32. The minimum Gasteiger partial charge on any atom is -0.454 e. The molecule has 2 aliphatic heterocycles. The highest BCUT2D eigenvalue weighted by Crippen LogP contribution is 2.43. The summed E-state index contributed by atoms with van der Waals surface area (Å²) in [5.74, 6) is 2.36. The minimum atomic E-state index is 0.0571. The Morgan fingerprint density at radius 1 is 1.26 bits per heavy atom. The van der Waals surface area contributed by atoms with E-state index in [1.54, 1.807) is 7.11 Å². The molecule has 1 aromatic carbocycles. The number of hydrogen-bond donors (Lipinski definition) is 1. The molecule has 2 N–H and O–H groups in total. The van der Waals surface area contributed by atoms with Crippen LogP contribution in [0.3, 0.4) is 0 Å². The molecule has 2 aliphatic rings. The summed E-state index contributed by atoms with van der Waals surface area (Å²) >= 11 is 5.15. The molecular weight excluding hydrogens is 524 g/mol. The number of fused-ring (bicyclic) bond motifs is 2. The third-order valence-electron chi connectivity index (χ3n) is 6.15. The van der Waals surface area contributed by atoms with Crippen molar-refractivity contribution in [1.82, 2.24) is 24.4 Å². The van der Waals surface area contributed by atoms with E-state index in [1.165, 1.54) is 18.1 Å². The molecule has 1 fully saturated rings. The zero-order valence-electron chi connectivity index (χ0n) is 18.7. The fourth-order valence-corrected chi connectivity index (χ4v) is 5.80. The van der Waals surface area contributed by atoms with Gasteiger partial charge in [-0.3, -0.25) is 4.79 Å². The lowest BCUT2D eigenvalue weighted by molar-refractivity contribution is -0.136. The van der Waals surface area contributed by atoms with Gasteiger partial charge in [0.1, 0.15) is 12.9 Å². The quantitative estimate of drug-likeness (QED) is 0.474. The Morgan fingerprint density at radius 2 is 2.03 bits per heavy atom. The highest BCUT2D eigenvalue weighted by Gasteiger charge is 2.24. The molecule has 0 aliphatic carbocycles. The van der Waals surface area contributed by atoms with Gasteiger partial charge in [0.05, 0.1) is 0 Å². The van der Waals surface area contributed by atoms with E-state index in [9.17, 15) is 4.79 Å². The number of piperidine rings is 1. The smallest absolute Gasteiger partial charge is 0.248 e. The maximum Gasteiger partial charge on any atom is 0.248 e. The lowest BCUT2D eigenvalue weighted by atomic mass is 9.93. The number of rotatable bonds is 7. The molecule has 0 atom stereocenters. The summed E-state index contributed by atoms with van der Waals surface area (Å²) in [5, 5.41) is 0.787. The molecule has 0 unspecified atom stereocenters. The Labute approximate surface area is 209 Å². The summed E-state index contributed by atoms with van der Waals surface area (Å²) < 4.78 is 19.0. The monoisotopic (exact) mass is 548 g/mol. The largest absolute Gasteiger partial charge is 0.454 e. The van der Waals surface area contributed by atoms with Gasteiger partial charge in [0.15, 0.2) is 33.6 Å². The van der Waals surface area contributed by atoms with E-state index in [1.807, 2.05) is 17.0 Å². The zero-order valence-corrected chi connectivity index (χ0v) is 21.1. The summed E-state index contributed by atoms with van der Waals surface area (Å²) in [4.78, 5) is 28.3. The number of nitrogen functional groups attached to an aromatic ring is 1. The number of halogens is 1. The Hall–Kier alpha value is -2.57. The van der Waals surface area contributed by atoms with Crippen molar-refractivity contribution >= 4 is 50.6 Å². The molecular formula is C22H25BrN6O4S. The van der Waals surface area contributed by atoms with Crippen molar-refractivity contribution in [3.8, 4) is 11.5 Å². The van der Waals surface area contributed by atoms with Crippen molar-refractivity contribution in [2.24, 2.45) is 5.92 Å². The molecule has 4 heterocycles. The molecule has 34 heavy (non-hydrogen) atoms. The number of likely N-dealkylation sites (tertiary alicyclic amines) is 1. The first-order valence-electron chi connectivity index (χ1n) is 11.0. The number of ether oxygens (including phenoxy) is 3. The van der Waals surface area contributed by atoms with E-state index in [0.29, 0.717) is 23.0 Å². The Balaban J connectivity index is 1.35. The number of nitrogens with two attached hydrogens (primary N) is 1. The van der Waals surface area contributed by atoms with E-state index in [4.69, 9.17) is 24.9 Å². The number of amides is 1. The molecule has 1 saturated heterocycles. The van der Waals surface area contributed by atoms with Crippen LogP contribution in [-0.2, 0) is 16.1 Å². The molecule has 1 amide bonds. The van der Waals surface area contributed by atoms with Gasteiger partial charge in [0.25, 0.3) is 0 Å². The lowest BCUT2D eigenvalue weighted by Crippen LogP contribution is -2.40. The van der Waals surface area contributed by atoms with E-state index >= 15 is 0 Å². The number of nitrogens with zero attached hydrogens (tertiary/aromatic N) is 5. The first kappa shape index (κ1) is 23.2. The van der Waals surface area contributed by atoms with Crippen LogP contribution in [0.1, 0.15) is 19.3 Å². The van der Waals surface area contributed by atoms with Crippen LogP contribution >= 0.6 is 27.7 Å². The van der Waals surface area contributed by atoms with Crippen LogP contribution in [0, 0.1) is 5.92 Å². The second kappa shape index (κ2) is 9.96. The third kappa shape index (κ3) is 4.66. The minimum absolute atomic E-state index is 0.0571. The number of aromatic nitrogens is 4. The number of hydrogen-bond acceptors (Lipinski definition) is 9. The van der Waals surface area contributed by atoms with Crippen molar-refractivity contribution in [3.63, 3.8) is 0 Å².